The molecule has 1 saturated heterocycles. The van der Waals surface area contributed by atoms with Gasteiger partial charge in [-0.1, -0.05) is 51.1 Å². The van der Waals surface area contributed by atoms with Gasteiger partial charge in [0, 0.05) is 6.54 Å². The van der Waals surface area contributed by atoms with Crippen LogP contribution in [-0.4, -0.2) is 41.4 Å². The summed E-state index contributed by atoms with van der Waals surface area (Å²) in [4.78, 5) is 37.6. The average molecular weight is 331 g/mol. The summed E-state index contributed by atoms with van der Waals surface area (Å²) in [7, 11) is 0. The molecule has 1 heterocycles. The molecular formula is C18H25N3O3. The Hall–Kier alpha value is -2.37. The van der Waals surface area contributed by atoms with Gasteiger partial charge in [-0.2, -0.15) is 0 Å². The molecule has 1 atom stereocenters. The minimum Gasteiger partial charge on any atom is -0.354 e. The highest BCUT2D eigenvalue weighted by Crippen LogP contribution is 2.24. The van der Waals surface area contributed by atoms with Crippen LogP contribution < -0.4 is 10.6 Å². The molecule has 1 aromatic carbocycles. The molecule has 24 heavy (non-hydrogen) atoms. The summed E-state index contributed by atoms with van der Waals surface area (Å²) in [5.74, 6) is -0.489. The van der Waals surface area contributed by atoms with Crippen molar-refractivity contribution in [2.24, 2.45) is 0 Å². The zero-order chi connectivity index (χ0) is 17.7. The largest absolute Gasteiger partial charge is 0.354 e. The van der Waals surface area contributed by atoms with E-state index in [1.165, 1.54) is 0 Å². The van der Waals surface area contributed by atoms with Crippen molar-refractivity contribution in [2.75, 3.05) is 13.1 Å². The van der Waals surface area contributed by atoms with Crippen LogP contribution >= 0.6 is 0 Å². The lowest BCUT2D eigenvalue weighted by atomic mass is 9.93. The van der Waals surface area contributed by atoms with Gasteiger partial charge in [-0.05, 0) is 24.3 Å². The maximum atomic E-state index is 12.5. The quantitative estimate of drug-likeness (QED) is 0.750. The fourth-order valence-electron chi connectivity index (χ4n) is 2.91. The van der Waals surface area contributed by atoms with Gasteiger partial charge in [0.15, 0.2) is 0 Å². The van der Waals surface area contributed by atoms with Gasteiger partial charge < -0.3 is 10.6 Å². The maximum absolute atomic E-state index is 12.5. The van der Waals surface area contributed by atoms with Crippen molar-refractivity contribution in [3.63, 3.8) is 0 Å². The minimum absolute atomic E-state index is 0.156. The molecule has 1 aromatic rings. The van der Waals surface area contributed by atoms with E-state index in [4.69, 9.17) is 0 Å². The second-order valence-electron chi connectivity index (χ2n) is 6.23. The summed E-state index contributed by atoms with van der Waals surface area (Å²) in [5.41, 5.74) is 0.262. The van der Waals surface area contributed by atoms with Crippen molar-refractivity contribution >= 4 is 17.8 Å². The van der Waals surface area contributed by atoms with Crippen LogP contribution in [0, 0.1) is 0 Å². The zero-order valence-electron chi connectivity index (χ0n) is 14.5. The monoisotopic (exact) mass is 331 g/mol. The van der Waals surface area contributed by atoms with Crippen molar-refractivity contribution in [2.45, 2.75) is 45.1 Å². The summed E-state index contributed by atoms with van der Waals surface area (Å²) in [6, 6.07) is 9.37. The van der Waals surface area contributed by atoms with Gasteiger partial charge in [-0.3, -0.25) is 14.5 Å². The number of hydrogen-bond donors (Lipinski definition) is 2. The number of nitrogens with one attached hydrogen (secondary N) is 2. The molecule has 0 saturated carbocycles. The number of amides is 4. The van der Waals surface area contributed by atoms with E-state index in [0.717, 1.165) is 10.5 Å². The van der Waals surface area contributed by atoms with Crippen molar-refractivity contribution in [3.05, 3.63) is 35.9 Å². The topological polar surface area (TPSA) is 78.5 Å². The van der Waals surface area contributed by atoms with Gasteiger partial charge in [-0.15, -0.1) is 0 Å². The Morgan fingerprint density at radius 1 is 1.21 bits per heavy atom. The first-order chi connectivity index (χ1) is 11.4. The standard InChI is InChI=1S/C18H25N3O3/c1-4-18(5-2)16(23)21(17(24)20-18)12-15(22)19-11-13(3)14-9-7-6-8-10-14/h6-10,13H,4-5,11-12H2,1-3H3,(H,19,22)(H,20,24)/t13-/m0/s1. The molecule has 0 bridgehead atoms. The smallest absolute Gasteiger partial charge is 0.325 e. The number of urea groups is 1. The number of carbonyl (C=O) groups is 3. The lowest BCUT2D eigenvalue weighted by molar-refractivity contribution is -0.135. The normalized spacial score (nSPS) is 17.5. The predicted octanol–water partition coefficient (Wildman–Crippen LogP) is 2.02. The van der Waals surface area contributed by atoms with Gasteiger partial charge in [0.05, 0.1) is 0 Å². The van der Waals surface area contributed by atoms with Crippen molar-refractivity contribution < 1.29 is 14.4 Å². The number of hydrogen-bond acceptors (Lipinski definition) is 3. The van der Waals surface area contributed by atoms with Crippen molar-refractivity contribution in [1.29, 1.82) is 0 Å². The lowest BCUT2D eigenvalue weighted by Crippen LogP contribution is -2.46. The summed E-state index contributed by atoms with van der Waals surface area (Å²) >= 11 is 0. The molecule has 1 aliphatic heterocycles. The molecule has 4 amide bonds. The van der Waals surface area contributed by atoms with Crippen LogP contribution in [0.4, 0.5) is 4.79 Å². The third kappa shape index (κ3) is 3.58. The lowest BCUT2D eigenvalue weighted by Gasteiger charge is -2.23. The fraction of sp³-hybridized carbons (Fsp3) is 0.500. The van der Waals surface area contributed by atoms with Gasteiger partial charge in [0.2, 0.25) is 5.91 Å². The highest BCUT2D eigenvalue weighted by Gasteiger charge is 2.49. The molecule has 0 aromatic heterocycles. The van der Waals surface area contributed by atoms with Gasteiger partial charge >= 0.3 is 6.03 Å². The van der Waals surface area contributed by atoms with Crippen LogP contribution in [-0.2, 0) is 9.59 Å². The zero-order valence-corrected chi connectivity index (χ0v) is 14.5. The molecule has 0 spiro atoms. The van der Waals surface area contributed by atoms with Crippen LogP contribution in [0.3, 0.4) is 0 Å². The number of imide groups is 1. The summed E-state index contributed by atoms with van der Waals surface area (Å²) in [6.45, 7) is 5.94. The Kier molecular flexibility index (Phi) is 5.59. The van der Waals surface area contributed by atoms with Gasteiger partial charge in [-0.25, -0.2) is 4.79 Å². The molecule has 0 unspecified atom stereocenters. The Labute approximate surface area is 142 Å². The summed E-state index contributed by atoms with van der Waals surface area (Å²) in [5, 5.41) is 5.52. The van der Waals surface area contributed by atoms with Gasteiger partial charge in [0.1, 0.15) is 12.1 Å². The van der Waals surface area contributed by atoms with Crippen LogP contribution in [0.15, 0.2) is 30.3 Å². The summed E-state index contributed by atoms with van der Waals surface area (Å²) in [6.07, 6.45) is 1.02. The fourth-order valence-corrected chi connectivity index (χ4v) is 2.91. The third-order valence-corrected chi connectivity index (χ3v) is 4.73. The first-order valence-corrected chi connectivity index (χ1v) is 8.39. The van der Waals surface area contributed by atoms with Crippen LogP contribution in [0.5, 0.6) is 0 Å². The Bertz CT molecular complexity index is 611. The first kappa shape index (κ1) is 18.0. The number of nitrogens with zero attached hydrogens (tertiary/aromatic N) is 1. The molecule has 6 heteroatoms. The molecule has 6 nitrogen and oxygen atoms in total. The van der Waals surface area contributed by atoms with E-state index in [9.17, 15) is 14.4 Å². The molecule has 0 aliphatic carbocycles. The van der Waals surface area contributed by atoms with E-state index in [0.29, 0.717) is 19.4 Å². The van der Waals surface area contributed by atoms with Crippen molar-refractivity contribution in [1.82, 2.24) is 15.5 Å². The Balaban J connectivity index is 1.91. The second kappa shape index (κ2) is 7.47. The number of benzene rings is 1. The second-order valence-corrected chi connectivity index (χ2v) is 6.23. The average Bonchev–Trinajstić information content (AvgIpc) is 2.85. The van der Waals surface area contributed by atoms with Crippen LogP contribution in [0.1, 0.15) is 45.1 Å². The van der Waals surface area contributed by atoms with Crippen LogP contribution in [0.25, 0.3) is 0 Å². The summed E-state index contributed by atoms with van der Waals surface area (Å²) < 4.78 is 0. The van der Waals surface area contributed by atoms with E-state index >= 15 is 0 Å². The molecule has 1 fully saturated rings. The van der Waals surface area contributed by atoms with E-state index in [-0.39, 0.29) is 24.3 Å². The Morgan fingerprint density at radius 3 is 2.38 bits per heavy atom. The van der Waals surface area contributed by atoms with Gasteiger partial charge in [0.25, 0.3) is 5.91 Å². The maximum Gasteiger partial charge on any atom is 0.325 e. The first-order valence-electron chi connectivity index (χ1n) is 8.39. The highest BCUT2D eigenvalue weighted by molar-refractivity contribution is 6.08. The number of carbonyl (C=O) groups excluding carboxylic acids is 3. The van der Waals surface area contributed by atoms with E-state index in [1.807, 2.05) is 51.1 Å². The number of rotatable bonds is 7. The minimum atomic E-state index is -0.866. The third-order valence-electron chi connectivity index (χ3n) is 4.73. The molecule has 130 valence electrons. The molecule has 0 radical (unpaired) electrons. The van der Waals surface area contributed by atoms with E-state index < -0.39 is 11.6 Å². The van der Waals surface area contributed by atoms with Crippen molar-refractivity contribution in [3.8, 4) is 0 Å². The Morgan fingerprint density at radius 2 is 1.83 bits per heavy atom. The van der Waals surface area contributed by atoms with E-state index in [2.05, 4.69) is 10.6 Å². The SMILES string of the molecule is CCC1(CC)NC(=O)N(CC(=O)NC[C@H](C)c2ccccc2)C1=O. The highest BCUT2D eigenvalue weighted by atomic mass is 16.2. The van der Waals surface area contributed by atoms with Crippen LogP contribution in [0.2, 0.25) is 0 Å². The molecule has 2 rings (SSSR count). The van der Waals surface area contributed by atoms with E-state index in [1.54, 1.807) is 0 Å². The molecule has 2 N–H and O–H groups in total. The molecular weight excluding hydrogens is 306 g/mol. The predicted molar refractivity (Wildman–Crippen MR) is 91.4 cm³/mol. The molecule has 1 aliphatic rings.